The van der Waals surface area contributed by atoms with Crippen molar-refractivity contribution in [2.24, 2.45) is 5.92 Å². The molecule has 0 radical (unpaired) electrons. The smallest absolute Gasteiger partial charge is 0.261 e. The molecule has 0 aliphatic carbocycles. The molecule has 4 aromatic rings. The second kappa shape index (κ2) is 11.5. The lowest BCUT2D eigenvalue weighted by Gasteiger charge is -2.36. The quantitative estimate of drug-likeness (QED) is 0.201. The fourth-order valence-corrected chi connectivity index (χ4v) is 6.17. The molecule has 0 bridgehead atoms. The fraction of sp³-hybridized carbons (Fsp3) is 0.265. The van der Waals surface area contributed by atoms with Crippen LogP contribution in [0.3, 0.4) is 0 Å². The molecule has 1 aromatic heterocycles. The van der Waals surface area contributed by atoms with Crippen molar-refractivity contribution in [2.75, 3.05) is 17.2 Å². The van der Waals surface area contributed by atoms with Crippen molar-refractivity contribution >= 4 is 40.0 Å². The monoisotopic (exact) mass is 578 g/mol. The number of para-hydroxylation sites is 1. The van der Waals surface area contributed by atoms with Crippen LogP contribution in [0, 0.1) is 5.92 Å². The molecule has 0 saturated heterocycles. The number of anilines is 2. The lowest BCUT2D eigenvalue weighted by molar-refractivity contribution is -0.137. The Kier molecular flexibility index (Phi) is 7.60. The summed E-state index contributed by atoms with van der Waals surface area (Å²) in [5.74, 6) is -1.60. The van der Waals surface area contributed by atoms with E-state index in [0.29, 0.717) is 29.9 Å². The number of aromatic amines is 1. The Bertz CT molecular complexity index is 1740. The second-order valence-corrected chi connectivity index (χ2v) is 11.3. The van der Waals surface area contributed by atoms with E-state index in [9.17, 15) is 24.6 Å². The van der Waals surface area contributed by atoms with Crippen LogP contribution in [0.4, 0.5) is 11.4 Å². The lowest BCUT2D eigenvalue weighted by atomic mass is 9.82. The molecule has 3 atom stereocenters. The maximum Gasteiger partial charge on any atom is 0.261 e. The summed E-state index contributed by atoms with van der Waals surface area (Å²) in [4.78, 5) is 43.9. The van der Waals surface area contributed by atoms with Crippen LogP contribution in [0.15, 0.2) is 85.1 Å². The minimum atomic E-state index is -1.88. The van der Waals surface area contributed by atoms with Crippen molar-refractivity contribution in [1.82, 2.24) is 9.88 Å². The molecule has 5 N–H and O–H groups in total. The van der Waals surface area contributed by atoms with E-state index in [4.69, 9.17) is 0 Å². The van der Waals surface area contributed by atoms with E-state index in [1.54, 1.807) is 42.2 Å². The summed E-state index contributed by atoms with van der Waals surface area (Å²) in [7, 11) is 0. The highest BCUT2D eigenvalue weighted by atomic mass is 16.3. The number of nitrogens with one attached hydrogen (secondary N) is 3. The molecule has 3 amide bonds. The molecule has 0 spiro atoms. The Labute approximate surface area is 249 Å². The van der Waals surface area contributed by atoms with E-state index in [-0.39, 0.29) is 37.3 Å². The summed E-state index contributed by atoms with van der Waals surface area (Å²) >= 11 is 0. The first-order valence-corrected chi connectivity index (χ1v) is 14.4. The number of amides is 3. The Balaban J connectivity index is 1.13. The number of hydrogen-bond donors (Lipinski definition) is 5. The third-order valence-corrected chi connectivity index (χ3v) is 8.60. The number of carbonyl (C=O) groups excluding carboxylic acids is 3. The van der Waals surface area contributed by atoms with Crippen molar-refractivity contribution < 1.29 is 24.6 Å². The number of aromatic nitrogens is 1. The molecule has 0 fully saturated rings. The minimum absolute atomic E-state index is 0.0670. The van der Waals surface area contributed by atoms with Gasteiger partial charge in [-0.1, -0.05) is 61.5 Å². The second-order valence-electron chi connectivity index (χ2n) is 11.3. The van der Waals surface area contributed by atoms with Crippen molar-refractivity contribution in [3.05, 3.63) is 107 Å². The van der Waals surface area contributed by atoms with E-state index < -0.39 is 17.4 Å². The van der Waals surface area contributed by atoms with Crippen LogP contribution in [-0.4, -0.2) is 50.5 Å². The summed E-state index contributed by atoms with van der Waals surface area (Å²) in [6.07, 6.45) is 5.97. The Morgan fingerprint density at radius 1 is 1.12 bits per heavy atom. The number of hydrogen-bond acceptors (Lipinski definition) is 5. The molecule has 2 aliphatic rings. The molecule has 43 heavy (non-hydrogen) atoms. The standard InChI is InChI=1S/C34H34N4O5/c1-21(7-6-12-32(41)38-19-23-9-3-2-8-22(23)15-26(38)20-39)34(43)28-17-25(13-14-30(28)37-33(34)42)36-31(40)16-24-18-35-29-11-5-4-10-27(24)29/h2-11,13-14,17-18,21,26,35,39,43H,12,15-16,19-20H2,1H3,(H,36,40)(H,37,42)/b7-6+/t21-,26+,34+/m1/s1. The summed E-state index contributed by atoms with van der Waals surface area (Å²) in [5, 5.41) is 28.2. The molecule has 0 unspecified atom stereocenters. The van der Waals surface area contributed by atoms with Crippen LogP contribution in [-0.2, 0) is 39.4 Å². The third-order valence-electron chi connectivity index (χ3n) is 8.60. The molecule has 220 valence electrons. The predicted molar refractivity (Wildman–Crippen MR) is 164 cm³/mol. The number of H-pyrrole nitrogens is 1. The predicted octanol–water partition coefficient (Wildman–Crippen LogP) is 4.02. The van der Waals surface area contributed by atoms with Crippen molar-refractivity contribution in [3.8, 4) is 0 Å². The SMILES string of the molecule is C[C@H](/C=C/CC(=O)N1Cc2ccccc2C[C@H]1CO)[C@@]1(O)C(=O)Nc2ccc(NC(=O)Cc3c[nH]c4ccccc34)cc21. The van der Waals surface area contributed by atoms with E-state index in [1.807, 2.05) is 54.7 Å². The van der Waals surface area contributed by atoms with Gasteiger partial charge in [0, 0.05) is 52.9 Å². The van der Waals surface area contributed by atoms with Crippen molar-refractivity contribution in [3.63, 3.8) is 0 Å². The van der Waals surface area contributed by atoms with Gasteiger partial charge in [-0.2, -0.15) is 0 Å². The molecule has 0 saturated carbocycles. The van der Waals surface area contributed by atoms with Gasteiger partial charge in [-0.25, -0.2) is 0 Å². The number of carbonyl (C=O) groups is 3. The number of nitrogens with zero attached hydrogens (tertiary/aromatic N) is 1. The number of fused-ring (bicyclic) bond motifs is 3. The normalized spacial score (nSPS) is 20.1. The highest BCUT2D eigenvalue weighted by Gasteiger charge is 2.48. The summed E-state index contributed by atoms with van der Waals surface area (Å²) in [6.45, 7) is 2.02. The lowest BCUT2D eigenvalue weighted by Crippen LogP contribution is -2.46. The molecule has 6 rings (SSSR count). The first kappa shape index (κ1) is 28.4. The zero-order valence-electron chi connectivity index (χ0n) is 23.8. The first-order chi connectivity index (χ1) is 20.8. The zero-order valence-corrected chi connectivity index (χ0v) is 23.8. The average molecular weight is 579 g/mol. The summed E-state index contributed by atoms with van der Waals surface area (Å²) in [5.41, 5.74) is 3.43. The molecule has 2 aliphatic heterocycles. The fourth-order valence-electron chi connectivity index (χ4n) is 6.17. The van der Waals surface area contributed by atoms with Gasteiger partial charge in [0.05, 0.1) is 19.1 Å². The van der Waals surface area contributed by atoms with Gasteiger partial charge in [0.25, 0.3) is 5.91 Å². The molecular formula is C34H34N4O5. The van der Waals surface area contributed by atoms with E-state index in [0.717, 1.165) is 27.6 Å². The van der Waals surface area contributed by atoms with Crippen molar-refractivity contribution in [1.29, 1.82) is 0 Å². The van der Waals surface area contributed by atoms with Crippen LogP contribution >= 0.6 is 0 Å². The number of aliphatic hydroxyl groups excluding tert-OH is 1. The highest BCUT2D eigenvalue weighted by Crippen LogP contribution is 2.43. The maximum absolute atomic E-state index is 13.1. The van der Waals surface area contributed by atoms with Gasteiger partial charge < -0.3 is 30.7 Å². The van der Waals surface area contributed by atoms with Gasteiger partial charge in [0.15, 0.2) is 5.60 Å². The Morgan fingerprint density at radius 3 is 2.70 bits per heavy atom. The van der Waals surface area contributed by atoms with Gasteiger partial charge in [-0.05, 0) is 47.4 Å². The van der Waals surface area contributed by atoms with Gasteiger partial charge >= 0.3 is 0 Å². The van der Waals surface area contributed by atoms with Crippen molar-refractivity contribution in [2.45, 2.75) is 44.4 Å². The zero-order chi connectivity index (χ0) is 30.1. The molecule has 9 nitrogen and oxygen atoms in total. The van der Waals surface area contributed by atoms with Crippen LogP contribution in [0.5, 0.6) is 0 Å². The highest BCUT2D eigenvalue weighted by molar-refractivity contribution is 6.06. The summed E-state index contributed by atoms with van der Waals surface area (Å²) in [6, 6.07) is 20.3. The van der Waals surface area contributed by atoms with Crippen LogP contribution in [0.2, 0.25) is 0 Å². The number of benzene rings is 3. The molecule has 3 heterocycles. The molecule has 9 heteroatoms. The van der Waals surface area contributed by atoms with Gasteiger partial charge in [0.2, 0.25) is 11.8 Å². The van der Waals surface area contributed by atoms with Crippen LogP contribution in [0.25, 0.3) is 10.9 Å². The summed E-state index contributed by atoms with van der Waals surface area (Å²) < 4.78 is 0. The third kappa shape index (κ3) is 5.33. The number of rotatable bonds is 8. The number of aliphatic hydroxyl groups is 2. The first-order valence-electron chi connectivity index (χ1n) is 14.4. The largest absolute Gasteiger partial charge is 0.394 e. The van der Waals surface area contributed by atoms with Gasteiger partial charge in [0.1, 0.15) is 0 Å². The molecular weight excluding hydrogens is 544 g/mol. The Hall–Kier alpha value is -4.73. The molecule has 3 aromatic carbocycles. The van der Waals surface area contributed by atoms with Gasteiger partial charge in [-0.15, -0.1) is 0 Å². The van der Waals surface area contributed by atoms with Crippen LogP contribution in [0.1, 0.15) is 35.6 Å². The van der Waals surface area contributed by atoms with E-state index in [1.165, 1.54) is 0 Å². The maximum atomic E-state index is 13.1. The van der Waals surface area contributed by atoms with E-state index >= 15 is 0 Å². The average Bonchev–Trinajstić information content (AvgIpc) is 3.54. The van der Waals surface area contributed by atoms with Crippen LogP contribution < -0.4 is 10.6 Å². The minimum Gasteiger partial charge on any atom is -0.394 e. The topological polar surface area (TPSA) is 135 Å². The van der Waals surface area contributed by atoms with Gasteiger partial charge in [-0.3, -0.25) is 14.4 Å². The Morgan fingerprint density at radius 2 is 1.88 bits per heavy atom. The van der Waals surface area contributed by atoms with E-state index in [2.05, 4.69) is 15.6 Å².